The normalized spacial score (nSPS) is 14.7. The first kappa shape index (κ1) is 15.2. The molecular formula is C17H17ClN4O2. The number of aromatic amines is 1. The van der Waals surface area contributed by atoms with E-state index in [9.17, 15) is 4.79 Å². The molecule has 0 atom stereocenters. The van der Waals surface area contributed by atoms with Crippen molar-refractivity contribution in [3.8, 4) is 5.75 Å². The first-order chi connectivity index (χ1) is 11.7. The van der Waals surface area contributed by atoms with Crippen LogP contribution in [-0.4, -0.2) is 26.2 Å². The molecule has 1 fully saturated rings. The molecule has 1 saturated carbocycles. The first-order valence-electron chi connectivity index (χ1n) is 8.05. The van der Waals surface area contributed by atoms with Gasteiger partial charge in [0.05, 0.1) is 12.3 Å². The number of ether oxygens (including phenoxy) is 1. The Morgan fingerprint density at radius 3 is 2.79 bits per heavy atom. The molecule has 24 heavy (non-hydrogen) atoms. The summed E-state index contributed by atoms with van der Waals surface area (Å²) in [6.45, 7) is 0.415. The maximum Gasteiger partial charge on any atom is 0.277 e. The summed E-state index contributed by atoms with van der Waals surface area (Å²) in [6, 6.07) is 7.20. The van der Waals surface area contributed by atoms with Crippen LogP contribution in [0, 0.1) is 0 Å². The molecule has 124 valence electrons. The lowest BCUT2D eigenvalue weighted by molar-refractivity contribution is 0.318. The van der Waals surface area contributed by atoms with Crippen molar-refractivity contribution in [1.29, 1.82) is 0 Å². The van der Waals surface area contributed by atoms with Gasteiger partial charge in [-0.1, -0.05) is 18.0 Å². The van der Waals surface area contributed by atoms with Gasteiger partial charge in [-0.3, -0.25) is 9.89 Å². The SMILES string of the molecule is O=c1c(CCOc2ccc(Cl)cc2)c(C2CCC2)nc2nc[nH]n12. The minimum absolute atomic E-state index is 0.0842. The smallest absolute Gasteiger partial charge is 0.277 e. The average molecular weight is 345 g/mol. The van der Waals surface area contributed by atoms with Gasteiger partial charge in [0, 0.05) is 22.9 Å². The van der Waals surface area contributed by atoms with Crippen LogP contribution in [0.1, 0.15) is 36.4 Å². The molecule has 0 spiro atoms. The molecule has 0 amide bonds. The van der Waals surface area contributed by atoms with Crippen LogP contribution in [0.2, 0.25) is 5.02 Å². The van der Waals surface area contributed by atoms with Gasteiger partial charge in [0.15, 0.2) is 0 Å². The van der Waals surface area contributed by atoms with E-state index in [-0.39, 0.29) is 5.56 Å². The fourth-order valence-corrected chi connectivity index (χ4v) is 3.09. The zero-order valence-electron chi connectivity index (χ0n) is 13.0. The number of hydrogen-bond acceptors (Lipinski definition) is 4. The summed E-state index contributed by atoms with van der Waals surface area (Å²) in [6.07, 6.45) is 5.35. The molecule has 1 aliphatic rings. The number of nitrogens with zero attached hydrogens (tertiary/aromatic N) is 3. The molecule has 7 heteroatoms. The Labute approximate surface area is 143 Å². The van der Waals surface area contributed by atoms with Crippen molar-refractivity contribution in [3.63, 3.8) is 0 Å². The van der Waals surface area contributed by atoms with E-state index in [2.05, 4.69) is 15.1 Å². The van der Waals surface area contributed by atoms with Gasteiger partial charge in [0.25, 0.3) is 11.3 Å². The van der Waals surface area contributed by atoms with Crippen LogP contribution in [-0.2, 0) is 6.42 Å². The van der Waals surface area contributed by atoms with Gasteiger partial charge < -0.3 is 4.74 Å². The third-order valence-electron chi connectivity index (χ3n) is 4.48. The monoisotopic (exact) mass is 344 g/mol. The largest absolute Gasteiger partial charge is 0.493 e. The molecule has 1 aromatic carbocycles. The van der Waals surface area contributed by atoms with Crippen LogP contribution in [0.15, 0.2) is 35.4 Å². The Morgan fingerprint density at radius 2 is 2.08 bits per heavy atom. The van der Waals surface area contributed by atoms with Crippen LogP contribution in [0.25, 0.3) is 5.78 Å². The number of H-pyrrole nitrogens is 1. The van der Waals surface area contributed by atoms with Gasteiger partial charge in [-0.25, -0.2) is 9.97 Å². The summed E-state index contributed by atoms with van der Waals surface area (Å²) >= 11 is 5.87. The molecule has 0 unspecified atom stereocenters. The lowest BCUT2D eigenvalue weighted by Crippen LogP contribution is -2.27. The molecule has 0 aliphatic heterocycles. The predicted molar refractivity (Wildman–Crippen MR) is 90.9 cm³/mol. The molecule has 3 aromatic rings. The highest BCUT2D eigenvalue weighted by molar-refractivity contribution is 6.30. The molecule has 2 aromatic heterocycles. The van der Waals surface area contributed by atoms with E-state index in [1.54, 1.807) is 12.1 Å². The topological polar surface area (TPSA) is 72.3 Å². The fourth-order valence-electron chi connectivity index (χ4n) is 2.96. The number of fused-ring (bicyclic) bond motifs is 1. The van der Waals surface area contributed by atoms with E-state index < -0.39 is 0 Å². The van der Waals surface area contributed by atoms with E-state index in [0.717, 1.165) is 29.8 Å². The molecular weight excluding hydrogens is 328 g/mol. The third-order valence-corrected chi connectivity index (χ3v) is 4.74. The van der Waals surface area contributed by atoms with E-state index in [0.29, 0.717) is 29.7 Å². The highest BCUT2D eigenvalue weighted by Crippen LogP contribution is 2.36. The Balaban J connectivity index is 1.58. The zero-order chi connectivity index (χ0) is 16.5. The Kier molecular flexibility index (Phi) is 3.98. The second-order valence-corrected chi connectivity index (χ2v) is 6.42. The van der Waals surface area contributed by atoms with Crippen LogP contribution in [0.4, 0.5) is 0 Å². The molecule has 0 radical (unpaired) electrons. The maximum atomic E-state index is 12.7. The lowest BCUT2D eigenvalue weighted by atomic mass is 9.81. The van der Waals surface area contributed by atoms with Crippen molar-refractivity contribution in [3.05, 3.63) is 57.2 Å². The first-order valence-corrected chi connectivity index (χ1v) is 8.43. The minimum Gasteiger partial charge on any atom is -0.493 e. The van der Waals surface area contributed by atoms with Gasteiger partial charge in [0.2, 0.25) is 0 Å². The standard InChI is InChI=1S/C17H17ClN4O2/c18-12-4-6-13(7-5-12)24-9-8-14-15(11-2-1-3-11)21-17-19-10-20-22(17)16(14)23/h4-7,10-11H,1-3,8-9H2,(H,19,20,21). The number of nitrogens with one attached hydrogen (secondary N) is 1. The van der Waals surface area contributed by atoms with Gasteiger partial charge in [0.1, 0.15) is 12.1 Å². The minimum atomic E-state index is -0.0842. The van der Waals surface area contributed by atoms with Crippen LogP contribution < -0.4 is 10.3 Å². The van der Waals surface area contributed by atoms with Crippen LogP contribution in [0.5, 0.6) is 5.75 Å². The molecule has 4 rings (SSSR count). The van der Waals surface area contributed by atoms with Crippen molar-refractivity contribution in [2.24, 2.45) is 0 Å². The summed E-state index contributed by atoms with van der Waals surface area (Å²) in [4.78, 5) is 21.4. The molecule has 1 aliphatic carbocycles. The number of halogens is 1. The quantitative estimate of drug-likeness (QED) is 0.772. The van der Waals surface area contributed by atoms with Gasteiger partial charge >= 0.3 is 0 Å². The van der Waals surface area contributed by atoms with E-state index >= 15 is 0 Å². The highest BCUT2D eigenvalue weighted by Gasteiger charge is 2.26. The molecule has 0 saturated heterocycles. The Hall–Kier alpha value is -2.34. The van der Waals surface area contributed by atoms with Gasteiger partial charge in [-0.2, -0.15) is 4.52 Å². The van der Waals surface area contributed by atoms with Crippen LogP contribution >= 0.6 is 11.6 Å². The average Bonchev–Trinajstić information content (AvgIpc) is 2.99. The second-order valence-electron chi connectivity index (χ2n) is 5.98. The van der Waals surface area contributed by atoms with Crippen molar-refractivity contribution < 1.29 is 4.74 Å². The highest BCUT2D eigenvalue weighted by atomic mass is 35.5. The third kappa shape index (κ3) is 2.78. The molecule has 0 bridgehead atoms. The number of hydrogen-bond donors (Lipinski definition) is 1. The van der Waals surface area contributed by atoms with E-state index in [1.807, 2.05) is 12.1 Å². The van der Waals surface area contributed by atoms with Crippen LogP contribution in [0.3, 0.4) is 0 Å². The molecule has 1 N–H and O–H groups in total. The van der Waals surface area contributed by atoms with Crippen molar-refractivity contribution in [1.82, 2.24) is 19.6 Å². The maximum absolute atomic E-state index is 12.7. The summed E-state index contributed by atoms with van der Waals surface area (Å²) < 4.78 is 7.13. The van der Waals surface area contributed by atoms with Crippen molar-refractivity contribution in [2.75, 3.05) is 6.61 Å². The number of rotatable bonds is 5. The van der Waals surface area contributed by atoms with Gasteiger partial charge in [-0.05, 0) is 37.1 Å². The number of benzene rings is 1. The molecule has 2 heterocycles. The van der Waals surface area contributed by atoms with E-state index in [4.69, 9.17) is 16.3 Å². The predicted octanol–water partition coefficient (Wildman–Crippen LogP) is 2.96. The van der Waals surface area contributed by atoms with Crippen molar-refractivity contribution >= 4 is 17.4 Å². The lowest BCUT2D eigenvalue weighted by Gasteiger charge is -2.26. The Bertz CT molecular complexity index is 912. The number of aromatic nitrogens is 4. The zero-order valence-corrected chi connectivity index (χ0v) is 13.8. The summed E-state index contributed by atoms with van der Waals surface area (Å²) in [7, 11) is 0. The second kappa shape index (κ2) is 6.28. The van der Waals surface area contributed by atoms with Crippen molar-refractivity contribution in [2.45, 2.75) is 31.6 Å². The van der Waals surface area contributed by atoms with E-state index in [1.165, 1.54) is 17.3 Å². The summed E-state index contributed by atoms with van der Waals surface area (Å²) in [5, 5.41) is 3.49. The summed E-state index contributed by atoms with van der Waals surface area (Å²) in [5.74, 6) is 1.54. The Morgan fingerprint density at radius 1 is 1.29 bits per heavy atom. The fraction of sp³-hybridized carbons (Fsp3) is 0.353. The summed E-state index contributed by atoms with van der Waals surface area (Å²) in [5.41, 5.74) is 1.52. The molecule has 6 nitrogen and oxygen atoms in total. The van der Waals surface area contributed by atoms with Gasteiger partial charge in [-0.15, -0.1) is 0 Å².